The van der Waals surface area contributed by atoms with Gasteiger partial charge in [0.2, 0.25) is 0 Å². The zero-order valence-corrected chi connectivity index (χ0v) is 9.37. The highest BCUT2D eigenvalue weighted by Gasteiger charge is 2.33. The van der Waals surface area contributed by atoms with Crippen LogP contribution in [0.15, 0.2) is 6.20 Å². The Morgan fingerprint density at radius 3 is 2.62 bits per heavy atom. The molecule has 2 rings (SSSR count). The second-order valence-electron chi connectivity index (χ2n) is 3.64. The van der Waals surface area contributed by atoms with Gasteiger partial charge in [0.1, 0.15) is 9.88 Å². The molecule has 2 heterocycles. The molecule has 1 saturated heterocycles. The van der Waals surface area contributed by atoms with Crippen molar-refractivity contribution in [2.75, 3.05) is 26.2 Å². The number of thiazole rings is 1. The third-order valence-corrected chi connectivity index (χ3v) is 3.43. The number of hydrogen-bond acceptors (Lipinski definition) is 4. The van der Waals surface area contributed by atoms with Crippen LogP contribution in [0.3, 0.4) is 0 Å². The lowest BCUT2D eigenvalue weighted by Gasteiger charge is -2.26. The van der Waals surface area contributed by atoms with E-state index >= 15 is 0 Å². The molecule has 0 aliphatic carbocycles. The topological polar surface area (TPSA) is 28.2 Å². The van der Waals surface area contributed by atoms with Crippen molar-refractivity contribution >= 4 is 11.3 Å². The molecular weight excluding hydrogens is 239 g/mol. The van der Waals surface area contributed by atoms with Crippen LogP contribution in [0.5, 0.6) is 0 Å². The number of halogens is 3. The van der Waals surface area contributed by atoms with Gasteiger partial charge in [0, 0.05) is 26.2 Å². The third-order valence-electron chi connectivity index (χ3n) is 2.40. The molecule has 1 aromatic heterocycles. The second kappa shape index (κ2) is 4.68. The summed E-state index contributed by atoms with van der Waals surface area (Å²) in [6.07, 6.45) is -3.35. The summed E-state index contributed by atoms with van der Waals surface area (Å²) in [5, 5.41) is 3.73. The monoisotopic (exact) mass is 251 g/mol. The van der Waals surface area contributed by atoms with Crippen LogP contribution in [0, 0.1) is 0 Å². The number of nitrogens with one attached hydrogen (secondary N) is 1. The molecule has 0 spiro atoms. The summed E-state index contributed by atoms with van der Waals surface area (Å²) in [5.41, 5.74) is 0. The Morgan fingerprint density at radius 2 is 2.06 bits per heavy atom. The average Bonchev–Trinajstić information content (AvgIpc) is 2.67. The molecule has 0 atom stereocenters. The number of piperazine rings is 1. The Labute approximate surface area is 95.3 Å². The van der Waals surface area contributed by atoms with Gasteiger partial charge in [-0.15, -0.1) is 11.3 Å². The number of alkyl halides is 3. The van der Waals surface area contributed by atoms with Crippen LogP contribution in [0.25, 0.3) is 0 Å². The van der Waals surface area contributed by atoms with Gasteiger partial charge in [-0.25, -0.2) is 4.98 Å². The lowest BCUT2D eigenvalue weighted by molar-refractivity contribution is -0.134. The molecule has 7 heteroatoms. The maximum Gasteiger partial charge on any atom is 0.427 e. The predicted octanol–water partition coefficient (Wildman–Crippen LogP) is 1.57. The van der Waals surface area contributed by atoms with Crippen LogP contribution in [0.2, 0.25) is 0 Å². The molecule has 1 aliphatic heterocycles. The molecule has 0 bridgehead atoms. The van der Waals surface area contributed by atoms with Crippen LogP contribution in [0.1, 0.15) is 9.88 Å². The van der Waals surface area contributed by atoms with Gasteiger partial charge in [-0.3, -0.25) is 4.90 Å². The smallest absolute Gasteiger partial charge is 0.314 e. The van der Waals surface area contributed by atoms with Crippen LogP contribution < -0.4 is 5.32 Å². The molecule has 1 N–H and O–H groups in total. The van der Waals surface area contributed by atoms with Gasteiger partial charge in [0.25, 0.3) is 0 Å². The summed E-state index contributed by atoms with van der Waals surface area (Å²) in [4.78, 5) is 5.31. The summed E-state index contributed by atoms with van der Waals surface area (Å²) >= 11 is 0.735. The molecule has 0 unspecified atom stereocenters. The summed E-state index contributed by atoms with van der Waals surface area (Å²) in [7, 11) is 0. The van der Waals surface area contributed by atoms with Gasteiger partial charge in [-0.05, 0) is 0 Å². The van der Waals surface area contributed by atoms with Crippen molar-refractivity contribution < 1.29 is 13.2 Å². The minimum atomic E-state index is -4.26. The number of nitrogens with zero attached hydrogens (tertiary/aromatic N) is 2. The van der Waals surface area contributed by atoms with Crippen LogP contribution >= 0.6 is 11.3 Å². The highest BCUT2D eigenvalue weighted by molar-refractivity contribution is 7.11. The number of aromatic nitrogens is 1. The molecule has 16 heavy (non-hydrogen) atoms. The molecule has 1 aliphatic rings. The van der Waals surface area contributed by atoms with Crippen molar-refractivity contribution in [2.45, 2.75) is 12.7 Å². The Bertz CT molecular complexity index is 344. The van der Waals surface area contributed by atoms with E-state index in [4.69, 9.17) is 0 Å². The average molecular weight is 251 g/mol. The number of rotatable bonds is 2. The molecule has 0 aromatic carbocycles. The summed E-state index contributed by atoms with van der Waals surface area (Å²) < 4.78 is 37.0. The molecule has 1 aromatic rings. The van der Waals surface area contributed by atoms with E-state index in [1.807, 2.05) is 0 Å². The summed E-state index contributed by atoms with van der Waals surface area (Å²) in [6, 6.07) is 0. The highest BCUT2D eigenvalue weighted by atomic mass is 32.1. The Morgan fingerprint density at radius 1 is 1.38 bits per heavy atom. The maximum absolute atomic E-state index is 12.3. The Balaban J connectivity index is 1.97. The van der Waals surface area contributed by atoms with E-state index < -0.39 is 11.1 Å². The van der Waals surface area contributed by atoms with E-state index in [1.165, 1.54) is 0 Å². The van der Waals surface area contributed by atoms with E-state index in [2.05, 4.69) is 15.2 Å². The van der Waals surface area contributed by atoms with Gasteiger partial charge in [0.15, 0.2) is 0 Å². The number of hydrogen-bond donors (Lipinski definition) is 1. The van der Waals surface area contributed by atoms with Gasteiger partial charge < -0.3 is 5.32 Å². The lowest BCUT2D eigenvalue weighted by atomic mass is 10.3. The fourth-order valence-electron chi connectivity index (χ4n) is 1.57. The summed E-state index contributed by atoms with van der Waals surface area (Å²) in [5.74, 6) is 0. The van der Waals surface area contributed by atoms with Crippen molar-refractivity contribution in [1.29, 1.82) is 0 Å². The Hall–Kier alpha value is -0.660. The van der Waals surface area contributed by atoms with Crippen molar-refractivity contribution in [3.8, 4) is 0 Å². The normalized spacial score (nSPS) is 18.9. The fourth-order valence-corrected chi connectivity index (χ4v) is 2.40. The quantitative estimate of drug-likeness (QED) is 0.864. The van der Waals surface area contributed by atoms with E-state index in [-0.39, 0.29) is 0 Å². The minimum Gasteiger partial charge on any atom is -0.314 e. The predicted molar refractivity (Wildman–Crippen MR) is 55.3 cm³/mol. The lowest BCUT2D eigenvalue weighted by Crippen LogP contribution is -2.42. The second-order valence-corrected chi connectivity index (χ2v) is 4.76. The minimum absolute atomic E-state index is 0.516. The van der Waals surface area contributed by atoms with Crippen molar-refractivity contribution in [3.05, 3.63) is 16.1 Å². The van der Waals surface area contributed by atoms with Gasteiger partial charge in [0.05, 0.1) is 12.7 Å². The first-order valence-electron chi connectivity index (χ1n) is 5.01. The largest absolute Gasteiger partial charge is 0.427 e. The van der Waals surface area contributed by atoms with Crippen LogP contribution in [0.4, 0.5) is 13.2 Å². The molecule has 0 saturated carbocycles. The highest BCUT2D eigenvalue weighted by Crippen LogP contribution is 2.33. The van der Waals surface area contributed by atoms with Gasteiger partial charge >= 0.3 is 6.18 Å². The van der Waals surface area contributed by atoms with Crippen LogP contribution in [-0.2, 0) is 12.7 Å². The molecule has 3 nitrogen and oxygen atoms in total. The van der Waals surface area contributed by atoms with Crippen molar-refractivity contribution in [1.82, 2.24) is 15.2 Å². The fraction of sp³-hybridized carbons (Fsp3) is 0.667. The van der Waals surface area contributed by atoms with Gasteiger partial charge in [-0.1, -0.05) is 0 Å². The Kier molecular flexibility index (Phi) is 3.46. The molecular formula is C9H12F3N3S. The molecule has 0 amide bonds. The summed E-state index contributed by atoms with van der Waals surface area (Å²) in [6.45, 7) is 4.01. The first kappa shape index (κ1) is 11.8. The first-order chi connectivity index (χ1) is 7.55. The standard InChI is InChI=1S/C9H12F3N3S/c10-9(11,12)7-5-14-8(16-7)6-15-3-1-13-2-4-15/h5,13H,1-4,6H2. The molecule has 1 fully saturated rings. The zero-order valence-electron chi connectivity index (χ0n) is 8.55. The third kappa shape index (κ3) is 2.93. The van der Waals surface area contributed by atoms with E-state index in [1.54, 1.807) is 0 Å². The van der Waals surface area contributed by atoms with Crippen molar-refractivity contribution in [3.63, 3.8) is 0 Å². The molecule has 90 valence electrons. The van der Waals surface area contributed by atoms with Crippen LogP contribution in [-0.4, -0.2) is 36.1 Å². The zero-order chi connectivity index (χ0) is 11.6. The molecule has 0 radical (unpaired) electrons. The van der Waals surface area contributed by atoms with E-state index in [0.29, 0.717) is 11.6 Å². The maximum atomic E-state index is 12.3. The van der Waals surface area contributed by atoms with E-state index in [9.17, 15) is 13.2 Å². The van der Waals surface area contributed by atoms with Crippen molar-refractivity contribution in [2.24, 2.45) is 0 Å². The first-order valence-corrected chi connectivity index (χ1v) is 5.82. The van der Waals surface area contributed by atoms with Gasteiger partial charge in [-0.2, -0.15) is 13.2 Å². The SMILES string of the molecule is FC(F)(F)c1cnc(CN2CCNCC2)s1. The van der Waals surface area contributed by atoms with E-state index in [0.717, 1.165) is 43.7 Å².